The number of amides is 3. The highest BCUT2D eigenvalue weighted by molar-refractivity contribution is 5.98. The number of aromatic nitrogens is 3. The summed E-state index contributed by atoms with van der Waals surface area (Å²) in [5.41, 5.74) is 1.92. The molecule has 1 saturated heterocycles. The third-order valence-corrected chi connectivity index (χ3v) is 4.10. The average molecular weight is 358 g/mol. The van der Waals surface area contributed by atoms with Gasteiger partial charge in [0.15, 0.2) is 0 Å². The maximum Gasteiger partial charge on any atom is 0.319 e. The monoisotopic (exact) mass is 358 g/mol. The summed E-state index contributed by atoms with van der Waals surface area (Å²) in [6, 6.07) is 4.86. The van der Waals surface area contributed by atoms with E-state index in [-0.39, 0.29) is 18.5 Å². The largest absolute Gasteiger partial charge is 0.495 e. The van der Waals surface area contributed by atoms with Crippen LogP contribution in [0.4, 0.5) is 16.2 Å². The van der Waals surface area contributed by atoms with E-state index in [4.69, 9.17) is 4.74 Å². The molecular formula is C17H22N6O3. The molecule has 0 atom stereocenters. The summed E-state index contributed by atoms with van der Waals surface area (Å²) in [4.78, 5) is 27.4. The van der Waals surface area contributed by atoms with E-state index in [2.05, 4.69) is 20.8 Å². The minimum Gasteiger partial charge on any atom is -0.495 e. The van der Waals surface area contributed by atoms with E-state index < -0.39 is 0 Å². The van der Waals surface area contributed by atoms with Gasteiger partial charge in [0.2, 0.25) is 5.91 Å². The fourth-order valence-electron chi connectivity index (χ4n) is 2.79. The van der Waals surface area contributed by atoms with Crippen LogP contribution in [0.25, 0.3) is 0 Å². The summed E-state index contributed by atoms with van der Waals surface area (Å²) in [5.74, 6) is 0.659. The van der Waals surface area contributed by atoms with Gasteiger partial charge in [-0.3, -0.25) is 4.79 Å². The molecule has 0 bridgehead atoms. The van der Waals surface area contributed by atoms with Gasteiger partial charge in [-0.15, -0.1) is 0 Å². The van der Waals surface area contributed by atoms with Gasteiger partial charge in [-0.1, -0.05) is 0 Å². The first-order valence-electron chi connectivity index (χ1n) is 8.53. The van der Waals surface area contributed by atoms with Crippen LogP contribution < -0.4 is 20.3 Å². The molecule has 1 aliphatic heterocycles. The molecular weight excluding hydrogens is 336 g/mol. The molecule has 2 N–H and O–H groups in total. The Hall–Kier alpha value is -3.10. The molecule has 0 aliphatic carbocycles. The van der Waals surface area contributed by atoms with Crippen LogP contribution in [0.1, 0.15) is 25.5 Å². The van der Waals surface area contributed by atoms with Gasteiger partial charge < -0.3 is 20.3 Å². The zero-order valence-corrected chi connectivity index (χ0v) is 14.9. The second kappa shape index (κ2) is 7.85. The van der Waals surface area contributed by atoms with Crippen LogP contribution in [-0.4, -0.2) is 40.6 Å². The van der Waals surface area contributed by atoms with Crippen molar-refractivity contribution in [3.63, 3.8) is 0 Å². The standard InChI is InChI=1S/C17H22N6O3/c1-3-23-19-11-13(21-23)10-18-17(25)20-12-6-7-15(26-2)14(9-12)22-8-4-5-16(22)24/h6-7,9,11H,3-5,8,10H2,1-2H3,(H2,18,20,25). The van der Waals surface area contributed by atoms with Crippen molar-refractivity contribution in [1.82, 2.24) is 20.3 Å². The molecule has 2 heterocycles. The van der Waals surface area contributed by atoms with E-state index >= 15 is 0 Å². The predicted octanol–water partition coefficient (Wildman–Crippen LogP) is 1.76. The Bertz CT molecular complexity index is 804. The van der Waals surface area contributed by atoms with Crippen molar-refractivity contribution in [2.45, 2.75) is 32.9 Å². The molecule has 1 fully saturated rings. The second-order valence-electron chi connectivity index (χ2n) is 5.87. The molecule has 9 nitrogen and oxygen atoms in total. The van der Waals surface area contributed by atoms with Gasteiger partial charge in [0.1, 0.15) is 11.4 Å². The molecule has 138 valence electrons. The summed E-state index contributed by atoms with van der Waals surface area (Å²) in [6.45, 7) is 3.55. The molecule has 3 rings (SSSR count). The highest BCUT2D eigenvalue weighted by atomic mass is 16.5. The number of hydrogen-bond donors (Lipinski definition) is 2. The lowest BCUT2D eigenvalue weighted by Gasteiger charge is -2.20. The lowest BCUT2D eigenvalue weighted by molar-refractivity contribution is -0.117. The number of aryl methyl sites for hydroxylation is 1. The summed E-state index contributed by atoms with van der Waals surface area (Å²) >= 11 is 0. The van der Waals surface area contributed by atoms with Crippen molar-refractivity contribution in [2.75, 3.05) is 23.9 Å². The quantitative estimate of drug-likeness (QED) is 0.819. The van der Waals surface area contributed by atoms with Crippen LogP contribution in [-0.2, 0) is 17.9 Å². The molecule has 3 amide bonds. The topological polar surface area (TPSA) is 101 Å². The summed E-state index contributed by atoms with van der Waals surface area (Å²) in [7, 11) is 1.56. The highest BCUT2D eigenvalue weighted by Crippen LogP contribution is 2.33. The van der Waals surface area contributed by atoms with Crippen LogP contribution >= 0.6 is 0 Å². The Morgan fingerprint density at radius 1 is 1.38 bits per heavy atom. The Kier molecular flexibility index (Phi) is 5.35. The lowest BCUT2D eigenvalue weighted by atomic mass is 10.2. The normalized spacial score (nSPS) is 13.8. The van der Waals surface area contributed by atoms with Crippen LogP contribution in [0.15, 0.2) is 24.4 Å². The molecule has 1 aliphatic rings. The third kappa shape index (κ3) is 3.93. The van der Waals surface area contributed by atoms with Gasteiger partial charge >= 0.3 is 6.03 Å². The van der Waals surface area contributed by atoms with Gasteiger partial charge in [0.25, 0.3) is 0 Å². The van der Waals surface area contributed by atoms with Crippen molar-refractivity contribution >= 4 is 23.3 Å². The number of benzene rings is 1. The van der Waals surface area contributed by atoms with Gasteiger partial charge in [-0.25, -0.2) is 4.79 Å². The Balaban J connectivity index is 1.65. The average Bonchev–Trinajstić information content (AvgIpc) is 3.28. The number of carbonyl (C=O) groups is 2. The predicted molar refractivity (Wildman–Crippen MR) is 96.1 cm³/mol. The Labute approximate surface area is 151 Å². The first-order chi connectivity index (χ1) is 12.6. The number of rotatable bonds is 6. The van der Waals surface area contributed by atoms with Crippen LogP contribution in [0.2, 0.25) is 0 Å². The van der Waals surface area contributed by atoms with Gasteiger partial charge in [-0.05, 0) is 31.5 Å². The zero-order valence-electron chi connectivity index (χ0n) is 14.9. The minimum absolute atomic E-state index is 0.0592. The number of urea groups is 1. The SMILES string of the molecule is CCn1ncc(CNC(=O)Nc2ccc(OC)c(N3CCCC3=O)c2)n1. The summed E-state index contributed by atoms with van der Waals surface area (Å²) in [6.07, 6.45) is 2.96. The van der Waals surface area contributed by atoms with Crippen molar-refractivity contribution in [3.8, 4) is 5.75 Å². The maximum absolute atomic E-state index is 12.1. The van der Waals surface area contributed by atoms with Crippen molar-refractivity contribution in [1.29, 1.82) is 0 Å². The summed E-state index contributed by atoms with van der Waals surface area (Å²) in [5, 5.41) is 13.8. The molecule has 0 radical (unpaired) electrons. The molecule has 26 heavy (non-hydrogen) atoms. The molecule has 0 spiro atoms. The smallest absolute Gasteiger partial charge is 0.319 e. The second-order valence-corrected chi connectivity index (χ2v) is 5.87. The first-order valence-corrected chi connectivity index (χ1v) is 8.53. The molecule has 1 aromatic carbocycles. The number of carbonyl (C=O) groups excluding carboxylic acids is 2. The van der Waals surface area contributed by atoms with Gasteiger partial charge in [-0.2, -0.15) is 15.0 Å². The fraction of sp³-hybridized carbons (Fsp3) is 0.412. The number of methoxy groups -OCH3 is 1. The van der Waals surface area contributed by atoms with E-state index in [1.165, 1.54) is 0 Å². The van der Waals surface area contributed by atoms with Crippen molar-refractivity contribution in [3.05, 3.63) is 30.1 Å². The van der Waals surface area contributed by atoms with E-state index in [1.807, 2.05) is 6.92 Å². The number of ether oxygens (including phenoxy) is 1. The number of anilines is 2. The maximum atomic E-state index is 12.1. The van der Waals surface area contributed by atoms with Crippen LogP contribution in [0.5, 0.6) is 5.75 Å². The van der Waals surface area contributed by atoms with E-state index in [9.17, 15) is 9.59 Å². The highest BCUT2D eigenvalue weighted by Gasteiger charge is 2.24. The van der Waals surface area contributed by atoms with Crippen molar-refractivity contribution < 1.29 is 14.3 Å². The van der Waals surface area contributed by atoms with E-state index in [1.54, 1.807) is 41.2 Å². The zero-order chi connectivity index (χ0) is 18.5. The number of nitrogens with one attached hydrogen (secondary N) is 2. The van der Waals surface area contributed by atoms with Crippen LogP contribution in [0.3, 0.4) is 0 Å². The Morgan fingerprint density at radius 2 is 2.23 bits per heavy atom. The molecule has 0 unspecified atom stereocenters. The molecule has 9 heteroatoms. The number of hydrogen-bond acceptors (Lipinski definition) is 5. The Morgan fingerprint density at radius 3 is 2.88 bits per heavy atom. The van der Waals surface area contributed by atoms with E-state index in [0.29, 0.717) is 42.3 Å². The lowest BCUT2D eigenvalue weighted by Crippen LogP contribution is -2.29. The molecule has 1 aromatic heterocycles. The van der Waals surface area contributed by atoms with Gasteiger partial charge in [0, 0.05) is 18.7 Å². The minimum atomic E-state index is -0.361. The third-order valence-electron chi connectivity index (χ3n) is 4.10. The van der Waals surface area contributed by atoms with Gasteiger partial charge in [0.05, 0.1) is 32.1 Å². The molecule has 0 saturated carbocycles. The van der Waals surface area contributed by atoms with Crippen molar-refractivity contribution in [2.24, 2.45) is 0 Å². The molecule has 2 aromatic rings. The summed E-state index contributed by atoms with van der Waals surface area (Å²) < 4.78 is 5.34. The number of nitrogens with zero attached hydrogens (tertiary/aromatic N) is 4. The van der Waals surface area contributed by atoms with E-state index in [0.717, 1.165) is 6.42 Å². The first kappa shape index (κ1) is 17.7. The fourth-order valence-corrected chi connectivity index (χ4v) is 2.79. The van der Waals surface area contributed by atoms with Crippen LogP contribution in [0, 0.1) is 0 Å².